The van der Waals surface area contributed by atoms with Crippen LogP contribution in [0.5, 0.6) is 0 Å². The highest BCUT2D eigenvalue weighted by atomic mass is 79.9. The minimum absolute atomic E-state index is 0.0270. The molecule has 0 aliphatic heterocycles. The summed E-state index contributed by atoms with van der Waals surface area (Å²) in [6.07, 6.45) is 0.696. The molecule has 0 aliphatic carbocycles. The molecule has 0 radical (unpaired) electrons. The van der Waals surface area contributed by atoms with Crippen molar-refractivity contribution in [2.45, 2.75) is 19.9 Å². The normalized spacial score (nSPS) is 10.8. The smallest absolute Gasteiger partial charge is 0.258 e. The van der Waals surface area contributed by atoms with Gasteiger partial charge in [-0.1, -0.05) is 83.5 Å². The van der Waals surface area contributed by atoms with Crippen molar-refractivity contribution >= 4 is 21.8 Å². The van der Waals surface area contributed by atoms with Gasteiger partial charge in [-0.2, -0.15) is 5.10 Å². The molecule has 0 spiro atoms. The topological polar surface area (TPSA) is 38.1 Å². The van der Waals surface area contributed by atoms with Crippen LogP contribution < -0.4 is 0 Å². The van der Waals surface area contributed by atoms with Gasteiger partial charge in [0.05, 0.1) is 16.9 Å². The molecule has 156 valence electrons. The minimum atomic E-state index is -0.0270. The first kappa shape index (κ1) is 21.1. The summed E-state index contributed by atoms with van der Waals surface area (Å²) >= 11 is 3.46. The van der Waals surface area contributed by atoms with E-state index in [-0.39, 0.29) is 5.91 Å². The minimum Gasteiger partial charge on any atom is -0.337 e. The van der Waals surface area contributed by atoms with Crippen LogP contribution in [0.25, 0.3) is 16.9 Å². The molecule has 0 saturated heterocycles. The summed E-state index contributed by atoms with van der Waals surface area (Å²) in [7, 11) is 1.85. The van der Waals surface area contributed by atoms with E-state index in [2.05, 4.69) is 22.9 Å². The van der Waals surface area contributed by atoms with Crippen LogP contribution in [0.15, 0.2) is 89.4 Å². The number of carbonyl (C=O) groups excluding carboxylic acids is 1. The van der Waals surface area contributed by atoms with Crippen molar-refractivity contribution < 1.29 is 4.79 Å². The Balaban J connectivity index is 1.80. The molecule has 0 N–H and O–H groups in total. The Morgan fingerprint density at radius 2 is 1.55 bits per heavy atom. The highest BCUT2D eigenvalue weighted by Crippen LogP contribution is 2.29. The summed E-state index contributed by atoms with van der Waals surface area (Å²) in [5.74, 6) is -0.0270. The summed E-state index contributed by atoms with van der Waals surface area (Å²) in [6.45, 7) is 2.59. The Morgan fingerprint density at radius 3 is 2.16 bits per heavy atom. The van der Waals surface area contributed by atoms with Gasteiger partial charge in [0.25, 0.3) is 5.91 Å². The second kappa shape index (κ2) is 9.31. The van der Waals surface area contributed by atoms with Gasteiger partial charge >= 0.3 is 0 Å². The van der Waals surface area contributed by atoms with Crippen molar-refractivity contribution in [3.63, 3.8) is 0 Å². The van der Waals surface area contributed by atoms with E-state index in [0.29, 0.717) is 24.2 Å². The summed E-state index contributed by atoms with van der Waals surface area (Å²) in [4.78, 5) is 15.5. The number of aromatic nitrogens is 2. The monoisotopic (exact) mass is 473 g/mol. The Bertz CT molecular complexity index is 1170. The summed E-state index contributed by atoms with van der Waals surface area (Å²) in [5, 5.41) is 4.91. The molecule has 1 amide bonds. The highest BCUT2D eigenvalue weighted by molar-refractivity contribution is 9.10. The number of carbonyl (C=O) groups is 1. The average Bonchev–Trinajstić information content (AvgIpc) is 3.21. The van der Waals surface area contributed by atoms with E-state index in [0.717, 1.165) is 27.0 Å². The first-order valence-corrected chi connectivity index (χ1v) is 11.1. The van der Waals surface area contributed by atoms with E-state index in [9.17, 15) is 4.79 Å². The maximum atomic E-state index is 13.7. The van der Waals surface area contributed by atoms with Crippen LogP contribution in [0, 0.1) is 0 Å². The molecule has 0 unspecified atom stereocenters. The van der Waals surface area contributed by atoms with Crippen LogP contribution in [0.2, 0.25) is 0 Å². The predicted octanol–water partition coefficient (Wildman–Crippen LogP) is 6.14. The fraction of sp³-hybridized carbons (Fsp3) is 0.154. The zero-order chi connectivity index (χ0) is 21.8. The van der Waals surface area contributed by atoms with Crippen molar-refractivity contribution in [3.05, 3.63) is 106 Å². The van der Waals surface area contributed by atoms with Gasteiger partial charge in [0.15, 0.2) is 0 Å². The lowest BCUT2D eigenvalue weighted by molar-refractivity contribution is 0.0784. The fourth-order valence-electron chi connectivity index (χ4n) is 3.71. The first-order valence-electron chi connectivity index (χ1n) is 10.3. The number of hydrogen-bond donors (Lipinski definition) is 0. The molecular formula is C26H24BrN3O. The zero-order valence-corrected chi connectivity index (χ0v) is 19.2. The highest BCUT2D eigenvalue weighted by Gasteiger charge is 2.26. The van der Waals surface area contributed by atoms with Crippen LogP contribution in [0.1, 0.15) is 28.5 Å². The van der Waals surface area contributed by atoms with Gasteiger partial charge in [0.2, 0.25) is 0 Å². The summed E-state index contributed by atoms with van der Waals surface area (Å²) < 4.78 is 2.93. The van der Waals surface area contributed by atoms with Gasteiger partial charge in [-0.25, -0.2) is 4.68 Å². The van der Waals surface area contributed by atoms with Gasteiger partial charge < -0.3 is 4.90 Å². The third-order valence-electron chi connectivity index (χ3n) is 5.26. The SMILES string of the molecule is CCc1c(C(=O)N(C)Cc2ccc(Br)cc2)c(-c2ccccc2)nn1-c1ccccc1. The third-order valence-corrected chi connectivity index (χ3v) is 5.79. The van der Waals surface area contributed by atoms with Crippen molar-refractivity contribution in [1.29, 1.82) is 0 Å². The fourth-order valence-corrected chi connectivity index (χ4v) is 3.98. The van der Waals surface area contributed by atoms with Crippen LogP contribution in [-0.2, 0) is 13.0 Å². The van der Waals surface area contributed by atoms with Gasteiger partial charge in [-0.05, 0) is 36.2 Å². The molecule has 0 bridgehead atoms. The largest absolute Gasteiger partial charge is 0.337 e. The maximum absolute atomic E-state index is 13.7. The van der Waals surface area contributed by atoms with E-state index >= 15 is 0 Å². The zero-order valence-electron chi connectivity index (χ0n) is 17.6. The summed E-state index contributed by atoms with van der Waals surface area (Å²) in [5.41, 5.74) is 5.26. The molecule has 4 aromatic rings. The van der Waals surface area contributed by atoms with E-state index in [1.54, 1.807) is 4.90 Å². The Labute approximate surface area is 191 Å². The number of hydrogen-bond acceptors (Lipinski definition) is 2. The lowest BCUT2D eigenvalue weighted by Gasteiger charge is -2.18. The number of nitrogens with zero attached hydrogens (tertiary/aromatic N) is 3. The van der Waals surface area contributed by atoms with Gasteiger partial charge in [-0.15, -0.1) is 0 Å². The van der Waals surface area contributed by atoms with Crippen molar-refractivity contribution in [2.75, 3.05) is 7.05 Å². The summed E-state index contributed by atoms with van der Waals surface area (Å²) in [6, 6.07) is 28.0. The van der Waals surface area contributed by atoms with Gasteiger partial charge in [-0.3, -0.25) is 4.79 Å². The van der Waals surface area contributed by atoms with E-state index in [1.807, 2.05) is 96.7 Å². The quantitative estimate of drug-likeness (QED) is 0.337. The number of benzene rings is 3. The van der Waals surface area contributed by atoms with Crippen LogP contribution in [-0.4, -0.2) is 27.6 Å². The lowest BCUT2D eigenvalue weighted by Crippen LogP contribution is -2.27. The van der Waals surface area contributed by atoms with E-state index in [1.165, 1.54) is 0 Å². The molecule has 0 aliphatic rings. The Kier molecular flexibility index (Phi) is 6.33. The molecule has 1 aromatic heterocycles. The van der Waals surface area contributed by atoms with E-state index < -0.39 is 0 Å². The molecule has 4 nitrogen and oxygen atoms in total. The van der Waals surface area contributed by atoms with Crippen LogP contribution in [0.4, 0.5) is 0 Å². The van der Waals surface area contributed by atoms with Gasteiger partial charge in [0, 0.05) is 23.6 Å². The first-order chi connectivity index (χ1) is 15.1. The van der Waals surface area contributed by atoms with Crippen LogP contribution in [0.3, 0.4) is 0 Å². The van der Waals surface area contributed by atoms with Crippen LogP contribution >= 0.6 is 15.9 Å². The molecule has 31 heavy (non-hydrogen) atoms. The molecule has 0 atom stereocenters. The molecule has 0 saturated carbocycles. The lowest BCUT2D eigenvalue weighted by atomic mass is 10.0. The molecule has 5 heteroatoms. The van der Waals surface area contributed by atoms with Crippen molar-refractivity contribution in [2.24, 2.45) is 0 Å². The number of amides is 1. The molecule has 4 rings (SSSR count). The standard InChI is InChI=1S/C26H24BrN3O/c1-3-23-24(26(31)29(2)18-19-14-16-21(27)17-15-19)25(20-10-6-4-7-11-20)28-30(23)22-12-8-5-9-13-22/h4-17H,3,18H2,1-2H3. The average molecular weight is 474 g/mol. The number of para-hydroxylation sites is 1. The number of rotatable bonds is 6. The molecule has 3 aromatic carbocycles. The van der Waals surface area contributed by atoms with Crippen molar-refractivity contribution in [1.82, 2.24) is 14.7 Å². The predicted molar refractivity (Wildman–Crippen MR) is 128 cm³/mol. The Morgan fingerprint density at radius 1 is 0.935 bits per heavy atom. The maximum Gasteiger partial charge on any atom is 0.258 e. The molecule has 1 heterocycles. The third kappa shape index (κ3) is 4.47. The second-order valence-corrected chi connectivity index (χ2v) is 8.34. The van der Waals surface area contributed by atoms with Crippen molar-refractivity contribution in [3.8, 4) is 16.9 Å². The second-order valence-electron chi connectivity index (χ2n) is 7.42. The van der Waals surface area contributed by atoms with Gasteiger partial charge in [0.1, 0.15) is 5.69 Å². The number of halogens is 1. The Hall–Kier alpha value is -3.18. The molecule has 0 fully saturated rings. The molecular weight excluding hydrogens is 450 g/mol. The van der Waals surface area contributed by atoms with E-state index in [4.69, 9.17) is 5.10 Å².